The van der Waals surface area contributed by atoms with Crippen LogP contribution in [0.4, 0.5) is 11.8 Å². The van der Waals surface area contributed by atoms with Crippen LogP contribution in [-0.2, 0) is 0 Å². The topological polar surface area (TPSA) is 63.8 Å². The number of nitrogens with one attached hydrogen (secondary N) is 1. The lowest BCUT2D eigenvalue weighted by Crippen LogP contribution is -2.00. The van der Waals surface area contributed by atoms with Crippen molar-refractivity contribution >= 4 is 33.3 Å². The van der Waals surface area contributed by atoms with Crippen LogP contribution in [0.25, 0.3) is 10.2 Å². The van der Waals surface area contributed by atoms with Gasteiger partial charge in [0, 0.05) is 11.9 Å². The number of hydrogen-bond acceptors (Lipinski definition) is 5. The van der Waals surface area contributed by atoms with E-state index in [-0.39, 0.29) is 0 Å². The highest BCUT2D eigenvalue weighted by Gasteiger charge is 2.11. The van der Waals surface area contributed by atoms with E-state index in [0.717, 1.165) is 10.2 Å². The molecule has 0 saturated heterocycles. The number of anilines is 2. The molecule has 2 aromatic heterocycles. The molecule has 0 aliphatic rings. The van der Waals surface area contributed by atoms with E-state index in [0.29, 0.717) is 11.8 Å². The van der Waals surface area contributed by atoms with Crippen molar-refractivity contribution in [2.24, 2.45) is 0 Å². The Bertz CT molecular complexity index is 489. The first-order chi connectivity index (χ1) is 6.63. The van der Waals surface area contributed by atoms with Crippen LogP contribution in [0.3, 0.4) is 0 Å². The molecule has 5 heteroatoms. The van der Waals surface area contributed by atoms with Gasteiger partial charge in [0.25, 0.3) is 0 Å². The smallest absolute Gasteiger partial charge is 0.225 e. The Morgan fingerprint density at radius 1 is 1.29 bits per heavy atom. The number of nitrogen functional groups attached to an aromatic ring is 1. The summed E-state index contributed by atoms with van der Waals surface area (Å²) in [5.74, 6) is 1.14. The fourth-order valence-electron chi connectivity index (χ4n) is 1.39. The lowest BCUT2D eigenvalue weighted by Gasteiger charge is -2.01. The molecule has 0 aliphatic carbocycles. The third kappa shape index (κ3) is 1.21. The Hall–Kier alpha value is -1.36. The molecule has 2 aromatic rings. The Kier molecular flexibility index (Phi) is 2.03. The van der Waals surface area contributed by atoms with Crippen LogP contribution in [0.2, 0.25) is 0 Å². The van der Waals surface area contributed by atoms with Gasteiger partial charge in [-0.2, -0.15) is 4.98 Å². The van der Waals surface area contributed by atoms with Gasteiger partial charge in [0.2, 0.25) is 5.95 Å². The second kappa shape index (κ2) is 3.09. The number of rotatable bonds is 1. The van der Waals surface area contributed by atoms with Crippen molar-refractivity contribution in [3.63, 3.8) is 0 Å². The van der Waals surface area contributed by atoms with E-state index in [1.807, 2.05) is 6.92 Å². The normalized spacial score (nSPS) is 10.8. The molecule has 4 nitrogen and oxygen atoms in total. The standard InChI is InChI=1S/C9H12N4S/c1-4-5(2)14-8-6(4)7(10)12-9(11-3)13-8/h1-3H3,(H3,10,11,12,13). The maximum atomic E-state index is 5.86. The van der Waals surface area contributed by atoms with E-state index < -0.39 is 0 Å². The van der Waals surface area contributed by atoms with Gasteiger partial charge < -0.3 is 11.1 Å². The molecule has 0 unspecified atom stereocenters. The second-order valence-electron chi connectivity index (χ2n) is 3.15. The highest BCUT2D eigenvalue weighted by molar-refractivity contribution is 7.18. The molecule has 0 aliphatic heterocycles. The molecule has 0 bridgehead atoms. The first kappa shape index (κ1) is 9.21. The van der Waals surface area contributed by atoms with Crippen LogP contribution in [0.15, 0.2) is 0 Å². The number of aromatic nitrogens is 2. The molecule has 74 valence electrons. The third-order valence-electron chi connectivity index (χ3n) is 2.28. The molecule has 2 rings (SSSR count). The Balaban J connectivity index is 2.83. The number of nitrogens with two attached hydrogens (primary N) is 1. The molecular weight excluding hydrogens is 196 g/mol. The molecule has 0 saturated carbocycles. The van der Waals surface area contributed by atoms with Gasteiger partial charge in [-0.05, 0) is 19.4 Å². The SMILES string of the molecule is CNc1nc(N)c2c(C)c(C)sc2n1. The third-order valence-corrected chi connectivity index (χ3v) is 3.38. The van der Waals surface area contributed by atoms with Crippen LogP contribution in [-0.4, -0.2) is 17.0 Å². The zero-order valence-electron chi connectivity index (χ0n) is 8.38. The minimum absolute atomic E-state index is 0.557. The van der Waals surface area contributed by atoms with Crippen molar-refractivity contribution < 1.29 is 0 Å². The Morgan fingerprint density at radius 3 is 2.64 bits per heavy atom. The molecule has 0 radical (unpaired) electrons. The predicted molar refractivity (Wildman–Crippen MR) is 60.8 cm³/mol. The average molecular weight is 208 g/mol. The molecule has 0 atom stereocenters. The average Bonchev–Trinajstić information content (AvgIpc) is 2.43. The van der Waals surface area contributed by atoms with Gasteiger partial charge >= 0.3 is 0 Å². The summed E-state index contributed by atoms with van der Waals surface area (Å²) in [6, 6.07) is 0. The van der Waals surface area contributed by atoms with E-state index in [1.54, 1.807) is 18.4 Å². The van der Waals surface area contributed by atoms with Crippen molar-refractivity contribution in [3.8, 4) is 0 Å². The van der Waals surface area contributed by atoms with Crippen LogP contribution < -0.4 is 11.1 Å². The van der Waals surface area contributed by atoms with Gasteiger partial charge in [0.15, 0.2) is 0 Å². The first-order valence-electron chi connectivity index (χ1n) is 4.34. The van der Waals surface area contributed by atoms with E-state index >= 15 is 0 Å². The summed E-state index contributed by atoms with van der Waals surface area (Å²) in [5.41, 5.74) is 7.05. The van der Waals surface area contributed by atoms with Gasteiger partial charge in [-0.15, -0.1) is 11.3 Å². The fraction of sp³-hybridized carbons (Fsp3) is 0.333. The van der Waals surface area contributed by atoms with Crippen molar-refractivity contribution in [1.82, 2.24) is 9.97 Å². The molecule has 0 amide bonds. The molecule has 2 heterocycles. The van der Waals surface area contributed by atoms with Crippen molar-refractivity contribution in [2.75, 3.05) is 18.1 Å². The number of aryl methyl sites for hydroxylation is 2. The van der Waals surface area contributed by atoms with E-state index in [9.17, 15) is 0 Å². The minimum Gasteiger partial charge on any atom is -0.383 e. The molecule has 0 spiro atoms. The van der Waals surface area contributed by atoms with Gasteiger partial charge in [0.05, 0.1) is 5.39 Å². The summed E-state index contributed by atoms with van der Waals surface area (Å²) >= 11 is 1.65. The Labute approximate surface area is 86.2 Å². The maximum Gasteiger partial charge on any atom is 0.225 e. The van der Waals surface area contributed by atoms with Crippen LogP contribution in [0, 0.1) is 13.8 Å². The Morgan fingerprint density at radius 2 is 2.00 bits per heavy atom. The highest BCUT2D eigenvalue weighted by Crippen LogP contribution is 2.32. The lowest BCUT2D eigenvalue weighted by atomic mass is 10.2. The summed E-state index contributed by atoms with van der Waals surface area (Å²) in [4.78, 5) is 10.7. The number of hydrogen-bond donors (Lipinski definition) is 2. The van der Waals surface area contributed by atoms with Crippen LogP contribution in [0.5, 0.6) is 0 Å². The summed E-state index contributed by atoms with van der Waals surface area (Å²) < 4.78 is 0. The fourth-order valence-corrected chi connectivity index (χ4v) is 2.43. The summed E-state index contributed by atoms with van der Waals surface area (Å²) in [7, 11) is 1.79. The first-order valence-corrected chi connectivity index (χ1v) is 5.16. The number of thiophene rings is 1. The zero-order valence-corrected chi connectivity index (χ0v) is 9.20. The second-order valence-corrected chi connectivity index (χ2v) is 4.35. The monoisotopic (exact) mass is 208 g/mol. The van der Waals surface area contributed by atoms with Gasteiger partial charge in [-0.3, -0.25) is 0 Å². The lowest BCUT2D eigenvalue weighted by molar-refractivity contribution is 1.21. The summed E-state index contributed by atoms with van der Waals surface area (Å²) in [6.07, 6.45) is 0. The molecule has 14 heavy (non-hydrogen) atoms. The van der Waals surface area contributed by atoms with Gasteiger partial charge in [-0.1, -0.05) is 0 Å². The minimum atomic E-state index is 0.557. The van der Waals surface area contributed by atoms with Crippen molar-refractivity contribution in [3.05, 3.63) is 10.4 Å². The highest BCUT2D eigenvalue weighted by atomic mass is 32.1. The quantitative estimate of drug-likeness (QED) is 0.751. The van der Waals surface area contributed by atoms with E-state index in [4.69, 9.17) is 5.73 Å². The van der Waals surface area contributed by atoms with Crippen molar-refractivity contribution in [1.29, 1.82) is 0 Å². The van der Waals surface area contributed by atoms with E-state index in [1.165, 1.54) is 10.4 Å². The molecular formula is C9H12N4S. The molecule has 0 aromatic carbocycles. The molecule has 3 N–H and O–H groups in total. The number of nitrogens with zero attached hydrogens (tertiary/aromatic N) is 2. The van der Waals surface area contributed by atoms with Crippen molar-refractivity contribution in [2.45, 2.75) is 13.8 Å². The van der Waals surface area contributed by atoms with Gasteiger partial charge in [0.1, 0.15) is 10.6 Å². The van der Waals surface area contributed by atoms with E-state index in [2.05, 4.69) is 22.2 Å². The zero-order chi connectivity index (χ0) is 10.3. The predicted octanol–water partition coefficient (Wildman–Crippen LogP) is 1.93. The summed E-state index contributed by atoms with van der Waals surface area (Å²) in [6.45, 7) is 4.12. The maximum absolute atomic E-state index is 5.86. The van der Waals surface area contributed by atoms with Gasteiger partial charge in [-0.25, -0.2) is 4.98 Å². The number of fused-ring (bicyclic) bond motifs is 1. The largest absolute Gasteiger partial charge is 0.383 e. The molecule has 0 fully saturated rings. The van der Waals surface area contributed by atoms with Crippen LogP contribution in [0.1, 0.15) is 10.4 Å². The van der Waals surface area contributed by atoms with Crippen LogP contribution >= 0.6 is 11.3 Å². The summed E-state index contributed by atoms with van der Waals surface area (Å²) in [5, 5.41) is 3.89.